The van der Waals surface area contributed by atoms with Crippen LogP contribution in [0.1, 0.15) is 32.3 Å². The minimum Gasteiger partial charge on any atom is -0.345 e. The van der Waals surface area contributed by atoms with E-state index in [0.717, 1.165) is 30.8 Å². The van der Waals surface area contributed by atoms with E-state index in [-0.39, 0.29) is 11.8 Å². The lowest BCUT2D eigenvalue weighted by Gasteiger charge is -2.20. The number of likely N-dealkylation sites (N-methyl/N-ethyl adjacent to an activating group) is 1. The molecule has 0 radical (unpaired) electrons. The molecule has 1 heterocycles. The second-order valence-corrected chi connectivity index (χ2v) is 6.16. The van der Waals surface area contributed by atoms with E-state index in [2.05, 4.69) is 13.8 Å². The molecule has 0 unspecified atom stereocenters. The fraction of sp³-hybridized carbons (Fsp3) is 0.529. The predicted molar refractivity (Wildman–Crippen MR) is 84.2 cm³/mol. The van der Waals surface area contributed by atoms with Gasteiger partial charge in [0.05, 0.1) is 6.42 Å². The maximum atomic E-state index is 12.1. The summed E-state index contributed by atoms with van der Waals surface area (Å²) in [6, 6.07) is 7.77. The number of hydrogen-bond acceptors (Lipinski definition) is 2. The average Bonchev–Trinajstić information content (AvgIpc) is 2.85. The summed E-state index contributed by atoms with van der Waals surface area (Å²) in [5.41, 5.74) is 1.93. The quantitative estimate of drug-likeness (QED) is 0.835. The highest BCUT2D eigenvalue weighted by Gasteiger charge is 2.21. The molecule has 0 saturated carbocycles. The number of amides is 2. The van der Waals surface area contributed by atoms with Crippen LogP contribution < -0.4 is 4.90 Å². The SMILES string of the molecule is CC(C)CN(C)C(=O)Cc1ccc(N2CCCC2=O)cc1. The van der Waals surface area contributed by atoms with Gasteiger partial charge in [0, 0.05) is 32.2 Å². The van der Waals surface area contributed by atoms with Gasteiger partial charge in [0.2, 0.25) is 11.8 Å². The number of anilines is 1. The maximum absolute atomic E-state index is 12.1. The molecule has 4 heteroatoms. The van der Waals surface area contributed by atoms with E-state index < -0.39 is 0 Å². The van der Waals surface area contributed by atoms with Crippen LogP contribution in [0.3, 0.4) is 0 Å². The lowest BCUT2D eigenvalue weighted by Crippen LogP contribution is -2.31. The molecule has 0 aliphatic carbocycles. The standard InChI is InChI=1S/C17H24N2O2/c1-13(2)12-18(3)17(21)11-14-6-8-15(9-7-14)19-10-4-5-16(19)20/h6-9,13H,4-5,10-12H2,1-3H3. The molecule has 2 amide bonds. The number of hydrogen-bond donors (Lipinski definition) is 0. The van der Waals surface area contributed by atoms with E-state index >= 15 is 0 Å². The first-order valence-electron chi connectivity index (χ1n) is 7.60. The van der Waals surface area contributed by atoms with E-state index in [4.69, 9.17) is 0 Å². The van der Waals surface area contributed by atoms with Crippen LogP contribution in [0.2, 0.25) is 0 Å². The molecular weight excluding hydrogens is 264 g/mol. The fourth-order valence-corrected chi connectivity index (χ4v) is 2.67. The molecule has 1 aliphatic rings. The van der Waals surface area contributed by atoms with Crippen molar-refractivity contribution in [2.24, 2.45) is 5.92 Å². The zero-order valence-electron chi connectivity index (χ0n) is 13.1. The molecular formula is C17H24N2O2. The molecule has 1 aromatic rings. The van der Waals surface area contributed by atoms with E-state index in [1.165, 1.54) is 0 Å². The van der Waals surface area contributed by atoms with Crippen LogP contribution >= 0.6 is 0 Å². The van der Waals surface area contributed by atoms with Gasteiger partial charge in [0.1, 0.15) is 0 Å². The van der Waals surface area contributed by atoms with Gasteiger partial charge in [-0.15, -0.1) is 0 Å². The number of rotatable bonds is 5. The van der Waals surface area contributed by atoms with Crippen molar-refractivity contribution in [3.8, 4) is 0 Å². The molecule has 0 bridgehead atoms. The molecule has 0 N–H and O–H groups in total. The van der Waals surface area contributed by atoms with Gasteiger partial charge in [0.25, 0.3) is 0 Å². The van der Waals surface area contributed by atoms with Crippen LogP contribution in [0.15, 0.2) is 24.3 Å². The molecule has 0 spiro atoms. The van der Waals surface area contributed by atoms with Gasteiger partial charge in [-0.05, 0) is 30.0 Å². The summed E-state index contributed by atoms with van der Waals surface area (Å²) in [6.07, 6.45) is 1.98. The molecule has 1 fully saturated rings. The summed E-state index contributed by atoms with van der Waals surface area (Å²) in [4.78, 5) is 27.4. The Bertz CT molecular complexity index is 508. The number of carbonyl (C=O) groups excluding carboxylic acids is 2. The zero-order valence-corrected chi connectivity index (χ0v) is 13.1. The number of carbonyl (C=O) groups is 2. The van der Waals surface area contributed by atoms with Crippen molar-refractivity contribution in [2.45, 2.75) is 33.1 Å². The third-order valence-electron chi connectivity index (χ3n) is 3.74. The first-order chi connectivity index (χ1) is 9.97. The van der Waals surface area contributed by atoms with Gasteiger partial charge in [-0.3, -0.25) is 9.59 Å². The summed E-state index contributed by atoms with van der Waals surface area (Å²) in [7, 11) is 1.85. The predicted octanol–water partition coefficient (Wildman–Crippen LogP) is 2.47. The number of nitrogens with zero attached hydrogens (tertiary/aromatic N) is 2. The Morgan fingerprint density at radius 2 is 1.95 bits per heavy atom. The average molecular weight is 288 g/mol. The van der Waals surface area contributed by atoms with Crippen molar-refractivity contribution in [1.29, 1.82) is 0 Å². The largest absolute Gasteiger partial charge is 0.345 e. The van der Waals surface area contributed by atoms with Crippen molar-refractivity contribution in [1.82, 2.24) is 4.90 Å². The second kappa shape index (κ2) is 6.74. The lowest BCUT2D eigenvalue weighted by atomic mass is 10.1. The highest BCUT2D eigenvalue weighted by atomic mass is 16.2. The molecule has 1 aromatic carbocycles. The van der Waals surface area contributed by atoms with Crippen LogP contribution in [0.25, 0.3) is 0 Å². The highest BCUT2D eigenvalue weighted by molar-refractivity contribution is 5.95. The Morgan fingerprint density at radius 1 is 1.29 bits per heavy atom. The van der Waals surface area contributed by atoms with Crippen LogP contribution in [0.4, 0.5) is 5.69 Å². The van der Waals surface area contributed by atoms with Gasteiger partial charge < -0.3 is 9.80 Å². The van der Waals surface area contributed by atoms with Gasteiger partial charge >= 0.3 is 0 Å². The third-order valence-corrected chi connectivity index (χ3v) is 3.74. The number of benzene rings is 1. The van der Waals surface area contributed by atoms with Crippen LogP contribution in [-0.2, 0) is 16.0 Å². The molecule has 0 atom stereocenters. The van der Waals surface area contributed by atoms with E-state index in [1.807, 2.05) is 36.2 Å². The molecule has 114 valence electrons. The first kappa shape index (κ1) is 15.5. The van der Waals surface area contributed by atoms with Crippen LogP contribution in [-0.4, -0.2) is 36.9 Å². The highest BCUT2D eigenvalue weighted by Crippen LogP contribution is 2.21. The lowest BCUT2D eigenvalue weighted by molar-refractivity contribution is -0.129. The van der Waals surface area contributed by atoms with Crippen molar-refractivity contribution >= 4 is 17.5 Å². The normalized spacial score (nSPS) is 14.9. The molecule has 2 rings (SSSR count). The van der Waals surface area contributed by atoms with Crippen molar-refractivity contribution in [3.05, 3.63) is 29.8 Å². The topological polar surface area (TPSA) is 40.6 Å². The summed E-state index contributed by atoms with van der Waals surface area (Å²) < 4.78 is 0. The summed E-state index contributed by atoms with van der Waals surface area (Å²) in [6.45, 7) is 5.78. The van der Waals surface area contributed by atoms with Crippen LogP contribution in [0, 0.1) is 5.92 Å². The van der Waals surface area contributed by atoms with Gasteiger partial charge in [0.15, 0.2) is 0 Å². The molecule has 0 aromatic heterocycles. The minimum absolute atomic E-state index is 0.133. The smallest absolute Gasteiger partial charge is 0.227 e. The first-order valence-corrected chi connectivity index (χ1v) is 7.60. The Balaban J connectivity index is 1.96. The van der Waals surface area contributed by atoms with Crippen molar-refractivity contribution < 1.29 is 9.59 Å². The van der Waals surface area contributed by atoms with Gasteiger partial charge in [-0.25, -0.2) is 0 Å². The van der Waals surface area contributed by atoms with E-state index in [0.29, 0.717) is 18.8 Å². The summed E-state index contributed by atoms with van der Waals surface area (Å²) >= 11 is 0. The minimum atomic E-state index is 0.133. The second-order valence-electron chi connectivity index (χ2n) is 6.16. The molecule has 21 heavy (non-hydrogen) atoms. The Hall–Kier alpha value is -1.84. The van der Waals surface area contributed by atoms with Crippen LogP contribution in [0.5, 0.6) is 0 Å². The summed E-state index contributed by atoms with van der Waals surface area (Å²) in [5, 5.41) is 0. The molecule has 4 nitrogen and oxygen atoms in total. The van der Waals surface area contributed by atoms with Crippen molar-refractivity contribution in [3.63, 3.8) is 0 Å². The van der Waals surface area contributed by atoms with E-state index in [9.17, 15) is 9.59 Å². The monoisotopic (exact) mass is 288 g/mol. The maximum Gasteiger partial charge on any atom is 0.227 e. The van der Waals surface area contributed by atoms with Crippen molar-refractivity contribution in [2.75, 3.05) is 25.0 Å². The summed E-state index contributed by atoms with van der Waals surface area (Å²) in [5.74, 6) is 0.798. The Labute approximate surface area is 126 Å². The Kier molecular flexibility index (Phi) is 4.99. The fourth-order valence-electron chi connectivity index (χ4n) is 2.67. The van der Waals surface area contributed by atoms with Gasteiger partial charge in [-0.2, -0.15) is 0 Å². The molecule has 1 saturated heterocycles. The Morgan fingerprint density at radius 3 is 2.48 bits per heavy atom. The zero-order chi connectivity index (χ0) is 15.4. The molecule has 1 aliphatic heterocycles. The third kappa shape index (κ3) is 4.06. The van der Waals surface area contributed by atoms with Gasteiger partial charge in [-0.1, -0.05) is 26.0 Å². The van der Waals surface area contributed by atoms with E-state index in [1.54, 1.807) is 4.90 Å².